The van der Waals surface area contributed by atoms with Crippen LogP contribution in [0.25, 0.3) is 0 Å². The maximum atomic E-state index is 5.98. The average Bonchev–Trinajstić information content (AvgIpc) is 2.96. The Bertz CT molecular complexity index is 455. The molecule has 1 aromatic heterocycles. The maximum absolute atomic E-state index is 5.98. The molecule has 0 radical (unpaired) electrons. The summed E-state index contributed by atoms with van der Waals surface area (Å²) in [6, 6.07) is 4.84. The summed E-state index contributed by atoms with van der Waals surface area (Å²) in [6.07, 6.45) is 4.68. The number of furan rings is 1. The number of likely N-dealkylation sites (N-methyl/N-ethyl adjacent to an activating group) is 1. The first-order valence-corrected chi connectivity index (χ1v) is 8.06. The van der Waals surface area contributed by atoms with Gasteiger partial charge in [-0.25, -0.2) is 0 Å². The van der Waals surface area contributed by atoms with Crippen LogP contribution >= 0.6 is 0 Å². The number of ether oxygens (including phenoxy) is 1. The molecular weight excluding hydrogens is 264 g/mol. The van der Waals surface area contributed by atoms with Crippen LogP contribution in [-0.2, 0) is 4.74 Å². The predicted molar refractivity (Wildman–Crippen MR) is 83.2 cm³/mol. The zero-order valence-corrected chi connectivity index (χ0v) is 13.6. The molecule has 4 unspecified atom stereocenters. The van der Waals surface area contributed by atoms with Crippen molar-refractivity contribution in [1.82, 2.24) is 10.2 Å². The quantitative estimate of drug-likeness (QED) is 0.905. The van der Waals surface area contributed by atoms with Crippen LogP contribution in [0.1, 0.15) is 38.5 Å². The van der Waals surface area contributed by atoms with Crippen molar-refractivity contribution < 1.29 is 9.15 Å². The number of hydrogen-bond acceptors (Lipinski definition) is 4. The summed E-state index contributed by atoms with van der Waals surface area (Å²) in [7, 11) is 4.21. The van der Waals surface area contributed by atoms with Gasteiger partial charge in [0.05, 0.1) is 18.4 Å². The van der Waals surface area contributed by atoms with Gasteiger partial charge in [-0.1, -0.05) is 13.8 Å². The summed E-state index contributed by atoms with van der Waals surface area (Å²) in [6.45, 7) is 6.51. The molecule has 4 nitrogen and oxygen atoms in total. The monoisotopic (exact) mass is 292 g/mol. The highest BCUT2D eigenvalue weighted by Crippen LogP contribution is 2.51. The Kier molecular flexibility index (Phi) is 4.12. The first-order chi connectivity index (χ1) is 10.0. The Morgan fingerprint density at radius 3 is 2.90 bits per heavy atom. The van der Waals surface area contributed by atoms with E-state index >= 15 is 0 Å². The normalized spacial score (nSPS) is 32.5. The van der Waals surface area contributed by atoms with E-state index in [1.165, 1.54) is 12.8 Å². The Labute approximate surface area is 127 Å². The smallest absolute Gasteiger partial charge is 0.122 e. The van der Waals surface area contributed by atoms with Gasteiger partial charge in [0.15, 0.2) is 0 Å². The maximum Gasteiger partial charge on any atom is 0.122 e. The SMILES string of the molecule is CN(C)C(CNC1C2CCCOC2C1(C)C)c1ccco1. The summed E-state index contributed by atoms with van der Waals surface area (Å²) >= 11 is 0. The molecule has 3 rings (SSSR count). The van der Waals surface area contributed by atoms with Gasteiger partial charge in [0.1, 0.15) is 5.76 Å². The van der Waals surface area contributed by atoms with Crippen LogP contribution in [0.3, 0.4) is 0 Å². The van der Waals surface area contributed by atoms with E-state index in [0.717, 1.165) is 18.9 Å². The standard InChI is InChI=1S/C17H28N2O2/c1-17(2)15(12-7-5-10-21-16(12)17)18-11-13(19(3)4)14-8-6-9-20-14/h6,8-9,12-13,15-16,18H,5,7,10-11H2,1-4H3. The molecule has 1 N–H and O–H groups in total. The van der Waals surface area contributed by atoms with E-state index in [4.69, 9.17) is 9.15 Å². The van der Waals surface area contributed by atoms with Crippen molar-refractivity contribution in [2.24, 2.45) is 11.3 Å². The number of nitrogens with zero attached hydrogens (tertiary/aromatic N) is 1. The van der Waals surface area contributed by atoms with Crippen LogP contribution in [0.4, 0.5) is 0 Å². The zero-order chi connectivity index (χ0) is 15.0. The van der Waals surface area contributed by atoms with Gasteiger partial charge in [0, 0.05) is 30.5 Å². The largest absolute Gasteiger partial charge is 0.468 e. The van der Waals surface area contributed by atoms with Crippen molar-refractivity contribution in [3.05, 3.63) is 24.2 Å². The van der Waals surface area contributed by atoms with Crippen molar-refractivity contribution in [1.29, 1.82) is 0 Å². The van der Waals surface area contributed by atoms with Crippen LogP contribution < -0.4 is 5.32 Å². The van der Waals surface area contributed by atoms with E-state index in [1.807, 2.05) is 6.07 Å². The fourth-order valence-electron chi connectivity index (χ4n) is 4.19. The molecule has 1 aliphatic heterocycles. The highest BCUT2D eigenvalue weighted by Gasteiger charge is 2.57. The summed E-state index contributed by atoms with van der Waals surface area (Å²) < 4.78 is 11.6. The van der Waals surface area contributed by atoms with Crippen LogP contribution in [-0.4, -0.2) is 44.3 Å². The fourth-order valence-corrected chi connectivity index (χ4v) is 4.19. The van der Waals surface area contributed by atoms with Crippen LogP contribution in [0.15, 0.2) is 22.8 Å². The average molecular weight is 292 g/mol. The molecule has 0 amide bonds. The van der Waals surface area contributed by atoms with Crippen molar-refractivity contribution in [2.75, 3.05) is 27.2 Å². The van der Waals surface area contributed by atoms with Gasteiger partial charge in [0.2, 0.25) is 0 Å². The number of fused-ring (bicyclic) bond motifs is 1. The van der Waals surface area contributed by atoms with Gasteiger partial charge >= 0.3 is 0 Å². The molecule has 0 spiro atoms. The van der Waals surface area contributed by atoms with Crippen molar-refractivity contribution in [3.8, 4) is 0 Å². The van der Waals surface area contributed by atoms with Gasteiger partial charge < -0.3 is 14.5 Å². The van der Waals surface area contributed by atoms with E-state index in [0.29, 0.717) is 18.1 Å². The summed E-state index contributed by atoms with van der Waals surface area (Å²) in [5.41, 5.74) is 0.227. The van der Waals surface area contributed by atoms with Gasteiger partial charge in [-0.05, 0) is 39.1 Å². The third kappa shape index (κ3) is 2.65. The minimum absolute atomic E-state index is 0.227. The molecule has 4 heteroatoms. The highest BCUT2D eigenvalue weighted by molar-refractivity contribution is 5.11. The van der Waals surface area contributed by atoms with E-state index in [9.17, 15) is 0 Å². The lowest BCUT2D eigenvalue weighted by Gasteiger charge is -2.60. The second-order valence-electron chi connectivity index (χ2n) is 7.30. The highest BCUT2D eigenvalue weighted by atomic mass is 16.5. The number of hydrogen-bond donors (Lipinski definition) is 1. The third-order valence-corrected chi connectivity index (χ3v) is 5.36. The Hall–Kier alpha value is -0.840. The first kappa shape index (κ1) is 15.1. The molecule has 1 saturated heterocycles. The van der Waals surface area contributed by atoms with Crippen LogP contribution in [0.2, 0.25) is 0 Å². The second-order valence-corrected chi connectivity index (χ2v) is 7.30. The van der Waals surface area contributed by atoms with Crippen molar-refractivity contribution in [2.45, 2.75) is 44.9 Å². The van der Waals surface area contributed by atoms with Gasteiger partial charge in [-0.3, -0.25) is 4.90 Å². The number of nitrogens with one attached hydrogen (secondary N) is 1. The Balaban J connectivity index is 1.63. The summed E-state index contributed by atoms with van der Waals surface area (Å²) in [4.78, 5) is 2.21. The van der Waals surface area contributed by atoms with E-state index in [-0.39, 0.29) is 11.5 Å². The minimum atomic E-state index is 0.227. The molecule has 21 heavy (non-hydrogen) atoms. The predicted octanol–water partition coefficient (Wildman–Crippen LogP) is 2.68. The second kappa shape index (κ2) is 5.75. The summed E-state index contributed by atoms with van der Waals surface area (Å²) in [5, 5.41) is 3.80. The molecule has 2 heterocycles. The van der Waals surface area contributed by atoms with Gasteiger partial charge in [0.25, 0.3) is 0 Å². The molecule has 118 valence electrons. The lowest BCUT2D eigenvalue weighted by molar-refractivity contribution is -0.193. The lowest BCUT2D eigenvalue weighted by atomic mass is 9.55. The van der Waals surface area contributed by atoms with Crippen LogP contribution in [0, 0.1) is 11.3 Å². The Morgan fingerprint density at radius 1 is 1.43 bits per heavy atom. The first-order valence-electron chi connectivity index (χ1n) is 8.06. The van der Waals surface area contributed by atoms with Gasteiger partial charge in [-0.2, -0.15) is 0 Å². The molecule has 1 saturated carbocycles. The van der Waals surface area contributed by atoms with Crippen LogP contribution in [0.5, 0.6) is 0 Å². The fraction of sp³-hybridized carbons (Fsp3) is 0.765. The molecule has 4 atom stereocenters. The van der Waals surface area contributed by atoms with E-state index in [2.05, 4.69) is 44.2 Å². The van der Waals surface area contributed by atoms with Gasteiger partial charge in [-0.15, -0.1) is 0 Å². The molecule has 2 aliphatic rings. The Morgan fingerprint density at radius 2 is 2.24 bits per heavy atom. The zero-order valence-electron chi connectivity index (χ0n) is 13.6. The summed E-state index contributed by atoms with van der Waals surface area (Å²) in [5.74, 6) is 1.70. The molecule has 0 aromatic carbocycles. The molecule has 1 aromatic rings. The van der Waals surface area contributed by atoms with Crippen molar-refractivity contribution in [3.63, 3.8) is 0 Å². The molecule has 0 bridgehead atoms. The molecular formula is C17H28N2O2. The molecule has 2 fully saturated rings. The van der Waals surface area contributed by atoms with E-state index in [1.54, 1.807) is 6.26 Å². The topological polar surface area (TPSA) is 37.6 Å². The van der Waals surface area contributed by atoms with Crippen molar-refractivity contribution >= 4 is 0 Å². The lowest BCUT2D eigenvalue weighted by Crippen LogP contribution is -2.69. The minimum Gasteiger partial charge on any atom is -0.468 e. The number of rotatable bonds is 5. The third-order valence-electron chi connectivity index (χ3n) is 5.36. The molecule has 1 aliphatic carbocycles. The van der Waals surface area contributed by atoms with E-state index < -0.39 is 0 Å².